The summed E-state index contributed by atoms with van der Waals surface area (Å²) < 4.78 is 94.4. The van der Waals surface area contributed by atoms with Crippen molar-refractivity contribution in [2.24, 2.45) is 0 Å². The van der Waals surface area contributed by atoms with Crippen molar-refractivity contribution in [1.82, 2.24) is 34.0 Å². The Hall–Kier alpha value is -6.54. The molecule has 5 heterocycles. The first-order chi connectivity index (χ1) is 30.0. The number of amides is 2. The van der Waals surface area contributed by atoms with E-state index in [1.165, 1.54) is 29.1 Å². The van der Waals surface area contributed by atoms with Gasteiger partial charge in [0.05, 0.1) is 34.3 Å². The molecule has 0 radical (unpaired) electrons. The van der Waals surface area contributed by atoms with Gasteiger partial charge in [-0.3, -0.25) is 14.4 Å². The fourth-order valence-corrected chi connectivity index (χ4v) is 7.86. The van der Waals surface area contributed by atoms with E-state index in [1.807, 2.05) is 30.3 Å². The summed E-state index contributed by atoms with van der Waals surface area (Å²) in [6.45, 7) is 3.40. The molecule has 328 valence electrons. The molecule has 6 aromatic rings. The van der Waals surface area contributed by atoms with E-state index in [0.29, 0.717) is 17.5 Å². The zero-order valence-electron chi connectivity index (χ0n) is 33.4. The number of nitrogens with zero attached hydrogens (tertiary/aromatic N) is 8. The van der Waals surface area contributed by atoms with Crippen molar-refractivity contribution in [3.63, 3.8) is 0 Å². The lowest BCUT2D eigenvalue weighted by atomic mass is 10.0. The number of hydrogen-bond donors (Lipinski definition) is 1. The lowest BCUT2D eigenvalue weighted by Gasteiger charge is -2.36. The summed E-state index contributed by atoms with van der Waals surface area (Å²) in [6, 6.07) is 15.9. The summed E-state index contributed by atoms with van der Waals surface area (Å²) in [5.74, 6) is -1.03. The number of rotatable bonds is 10. The molecule has 0 bridgehead atoms. The van der Waals surface area contributed by atoms with E-state index in [0.717, 1.165) is 22.2 Å². The van der Waals surface area contributed by atoms with E-state index < -0.39 is 47.9 Å². The average Bonchev–Trinajstić information content (AvgIpc) is 3.91. The number of fused-ring (bicyclic) bond motifs is 2. The van der Waals surface area contributed by atoms with Crippen LogP contribution < -0.4 is 20.5 Å². The Bertz CT molecular complexity index is 2790. The Labute approximate surface area is 359 Å². The van der Waals surface area contributed by atoms with Crippen LogP contribution in [0.3, 0.4) is 0 Å². The fraction of sp³-hybridized carbons (Fsp3) is 0.310. The second-order valence-corrected chi connectivity index (χ2v) is 15.2. The molecule has 1 fully saturated rings. The zero-order valence-corrected chi connectivity index (χ0v) is 34.2. The highest BCUT2D eigenvalue weighted by molar-refractivity contribution is 6.33. The first kappa shape index (κ1) is 43.1. The van der Waals surface area contributed by atoms with E-state index in [4.69, 9.17) is 21.1 Å². The summed E-state index contributed by atoms with van der Waals surface area (Å²) in [4.78, 5) is 58.6. The molecule has 0 saturated carbocycles. The molecule has 2 aliphatic rings. The van der Waals surface area contributed by atoms with Crippen molar-refractivity contribution in [2.75, 3.05) is 36.4 Å². The highest BCUT2D eigenvalue weighted by Crippen LogP contribution is 2.43. The minimum absolute atomic E-state index is 0.0367. The van der Waals surface area contributed by atoms with Gasteiger partial charge in [-0.05, 0) is 54.3 Å². The quantitative estimate of drug-likeness (QED) is 0.140. The molecule has 14 nitrogen and oxygen atoms in total. The number of aryl methyl sites for hydroxylation is 1. The zero-order chi connectivity index (χ0) is 44.8. The topological polar surface area (TPSA) is 149 Å². The summed E-state index contributed by atoms with van der Waals surface area (Å²) >= 11 is 6.15. The van der Waals surface area contributed by atoms with Crippen molar-refractivity contribution < 1.29 is 45.4 Å². The molecular formula is C42H36ClF6N9O5. The molecule has 3 aromatic heterocycles. The number of aromatic nitrogens is 6. The molecule has 21 heteroatoms. The Morgan fingerprint density at radius 3 is 2.40 bits per heavy atom. The number of piperazine rings is 1. The summed E-state index contributed by atoms with van der Waals surface area (Å²) in [6.07, 6.45) is -9.96. The summed E-state index contributed by atoms with van der Waals surface area (Å²) in [5, 5.41) is 6.64. The third kappa shape index (κ3) is 8.64. The van der Waals surface area contributed by atoms with Gasteiger partial charge in [0.1, 0.15) is 25.2 Å². The second kappa shape index (κ2) is 17.0. The molecule has 8 rings (SSSR count). The van der Waals surface area contributed by atoms with Crippen LogP contribution in [0.5, 0.6) is 5.75 Å². The molecule has 3 aromatic carbocycles. The maximum Gasteiger partial charge on any atom is 0.418 e. The lowest BCUT2D eigenvalue weighted by Crippen LogP contribution is -2.51. The summed E-state index contributed by atoms with van der Waals surface area (Å²) in [5.41, 5.74) is 0.652. The summed E-state index contributed by atoms with van der Waals surface area (Å²) in [7, 11) is 0. The van der Waals surface area contributed by atoms with E-state index in [9.17, 15) is 40.7 Å². The molecule has 1 unspecified atom stereocenters. The van der Waals surface area contributed by atoms with Gasteiger partial charge in [0.25, 0.3) is 11.5 Å². The van der Waals surface area contributed by atoms with Gasteiger partial charge in [0.2, 0.25) is 11.7 Å². The van der Waals surface area contributed by atoms with Crippen molar-refractivity contribution in [3.8, 4) is 17.1 Å². The number of halogens is 7. The third-order valence-corrected chi connectivity index (χ3v) is 11.0. The molecule has 0 spiro atoms. The molecule has 2 amide bonds. The minimum atomic E-state index is -4.68. The van der Waals surface area contributed by atoms with Crippen LogP contribution in [-0.2, 0) is 41.9 Å². The maximum atomic E-state index is 14.5. The highest BCUT2D eigenvalue weighted by atomic mass is 35.5. The Balaban J connectivity index is 1.12. The molecular weight excluding hydrogens is 860 g/mol. The van der Waals surface area contributed by atoms with Gasteiger partial charge < -0.3 is 29.2 Å². The minimum Gasteiger partial charge on any atom is -0.485 e. The number of carbonyl (C=O) groups is 2. The SMILES string of the molecule is CCc1c(N2CCN(C(=O)c3ncnc(C)c3OCc3ccccc3)CC2)c(=O)n2nc(-c3ccc4c(c3)COC4C(F)(F)F)nc2n1CC(=O)Nc1ccc(C(F)(F)F)cc1Cl. The van der Waals surface area contributed by atoms with Crippen LogP contribution in [0.15, 0.2) is 77.9 Å². The van der Waals surface area contributed by atoms with Crippen molar-refractivity contribution in [3.05, 3.63) is 128 Å². The van der Waals surface area contributed by atoms with E-state index >= 15 is 0 Å². The molecule has 2 aliphatic heterocycles. The van der Waals surface area contributed by atoms with Gasteiger partial charge in [0, 0.05) is 31.7 Å². The van der Waals surface area contributed by atoms with Gasteiger partial charge in [0.15, 0.2) is 23.4 Å². The fourth-order valence-electron chi connectivity index (χ4n) is 7.64. The molecule has 1 saturated heterocycles. The smallest absolute Gasteiger partial charge is 0.418 e. The predicted molar refractivity (Wildman–Crippen MR) is 216 cm³/mol. The monoisotopic (exact) mass is 895 g/mol. The molecule has 1 atom stereocenters. The van der Waals surface area contributed by atoms with Gasteiger partial charge in [-0.1, -0.05) is 61.0 Å². The van der Waals surface area contributed by atoms with E-state index in [-0.39, 0.29) is 102 Å². The van der Waals surface area contributed by atoms with E-state index in [1.54, 1.807) is 23.6 Å². The van der Waals surface area contributed by atoms with Crippen LogP contribution in [0.4, 0.5) is 37.7 Å². The second-order valence-electron chi connectivity index (χ2n) is 14.8. The van der Waals surface area contributed by atoms with Crippen molar-refractivity contribution in [1.29, 1.82) is 0 Å². The van der Waals surface area contributed by atoms with E-state index in [2.05, 4.69) is 25.4 Å². The first-order valence-corrected chi connectivity index (χ1v) is 19.9. The maximum absolute atomic E-state index is 14.5. The largest absolute Gasteiger partial charge is 0.485 e. The first-order valence-electron chi connectivity index (χ1n) is 19.5. The Morgan fingerprint density at radius 2 is 1.71 bits per heavy atom. The van der Waals surface area contributed by atoms with Crippen LogP contribution in [0.2, 0.25) is 5.02 Å². The van der Waals surface area contributed by atoms with Crippen molar-refractivity contribution in [2.45, 2.75) is 58.5 Å². The lowest BCUT2D eigenvalue weighted by molar-refractivity contribution is -0.219. The molecule has 63 heavy (non-hydrogen) atoms. The normalized spacial score (nSPS) is 15.5. The Kier molecular flexibility index (Phi) is 11.6. The molecule has 1 N–H and O–H groups in total. The number of benzene rings is 3. The standard InChI is InChI=1S/C42H36ClF6N9O5/c1-3-31-34(55-13-15-56(16-14-55)38(60)33-35(23(2)50-22-51-33)62-20-24-7-5-4-6-8-24)39(61)58-40(57(31)19-32(59)52-30-12-10-27(18-29(30)43)41(44,45)46)53-37(54-58)25-9-11-28-26(17-25)21-63-36(28)42(47,48)49/h4-12,17-18,22,36H,3,13-16,19-21H2,1-2H3,(H,52,59). The van der Waals surface area contributed by atoms with Gasteiger partial charge in [-0.25, -0.2) is 9.97 Å². The Morgan fingerprint density at radius 1 is 0.968 bits per heavy atom. The van der Waals surface area contributed by atoms with Crippen LogP contribution in [0.25, 0.3) is 17.2 Å². The van der Waals surface area contributed by atoms with Crippen LogP contribution in [0.1, 0.15) is 57.2 Å². The third-order valence-electron chi connectivity index (χ3n) is 10.7. The van der Waals surface area contributed by atoms with Crippen LogP contribution in [0, 0.1) is 6.92 Å². The molecule has 0 aliphatic carbocycles. The number of alkyl halides is 6. The van der Waals surface area contributed by atoms with Crippen LogP contribution >= 0.6 is 11.6 Å². The highest BCUT2D eigenvalue weighted by Gasteiger charge is 2.46. The number of hydrogen-bond acceptors (Lipinski definition) is 10. The number of anilines is 2. The van der Waals surface area contributed by atoms with Crippen molar-refractivity contribution >= 4 is 40.6 Å². The number of carbonyl (C=O) groups excluding carboxylic acids is 2. The van der Waals surface area contributed by atoms with Gasteiger partial charge in [-0.15, -0.1) is 5.10 Å². The predicted octanol–water partition coefficient (Wildman–Crippen LogP) is 7.20. The number of ether oxygens (including phenoxy) is 2. The van der Waals surface area contributed by atoms with Gasteiger partial charge >= 0.3 is 12.4 Å². The average molecular weight is 896 g/mol. The number of nitrogens with one attached hydrogen (secondary N) is 1. The van der Waals surface area contributed by atoms with Gasteiger partial charge in [-0.2, -0.15) is 35.8 Å². The van der Waals surface area contributed by atoms with Crippen LogP contribution in [-0.4, -0.2) is 78.2 Å².